The zero-order chi connectivity index (χ0) is 18.6. The molecule has 1 aromatic heterocycles. The summed E-state index contributed by atoms with van der Waals surface area (Å²) in [6.07, 6.45) is 5.23. The summed E-state index contributed by atoms with van der Waals surface area (Å²) < 4.78 is 32.9. The number of hydrogen-bond donors (Lipinski definition) is 2. The molecule has 0 spiro atoms. The lowest BCUT2D eigenvalue weighted by Gasteiger charge is -2.21. The lowest BCUT2D eigenvalue weighted by atomic mass is 10.2. The van der Waals surface area contributed by atoms with Crippen molar-refractivity contribution < 1.29 is 17.9 Å². The van der Waals surface area contributed by atoms with Crippen molar-refractivity contribution in [2.75, 3.05) is 25.5 Å². The maximum atomic E-state index is 13.1. The molecule has 0 aliphatic carbocycles. The van der Waals surface area contributed by atoms with Gasteiger partial charge in [-0.3, -0.25) is 9.89 Å². The fourth-order valence-corrected chi connectivity index (χ4v) is 4.66. The van der Waals surface area contributed by atoms with Gasteiger partial charge in [-0.2, -0.15) is 9.40 Å². The lowest BCUT2D eigenvalue weighted by Crippen LogP contribution is -2.32. The first kappa shape index (κ1) is 18.4. The first-order valence-electron chi connectivity index (χ1n) is 8.51. The Kier molecular flexibility index (Phi) is 5.58. The Balaban J connectivity index is 1.93. The number of anilines is 1. The molecule has 0 saturated carbocycles. The zero-order valence-corrected chi connectivity index (χ0v) is 15.4. The van der Waals surface area contributed by atoms with Gasteiger partial charge in [0.2, 0.25) is 10.0 Å². The van der Waals surface area contributed by atoms with Crippen LogP contribution in [0.15, 0.2) is 35.4 Å². The highest BCUT2D eigenvalue weighted by atomic mass is 32.2. The highest BCUT2D eigenvalue weighted by molar-refractivity contribution is 7.89. The largest absolute Gasteiger partial charge is 0.495 e. The maximum Gasteiger partial charge on any atom is 0.256 e. The van der Waals surface area contributed by atoms with Crippen molar-refractivity contribution in [3.63, 3.8) is 0 Å². The number of aromatic nitrogens is 2. The fourth-order valence-electron chi connectivity index (χ4n) is 2.96. The Bertz CT molecular complexity index is 857. The van der Waals surface area contributed by atoms with Crippen LogP contribution in [0.5, 0.6) is 5.75 Å². The molecule has 1 fully saturated rings. The zero-order valence-electron chi connectivity index (χ0n) is 14.6. The SMILES string of the molecule is COc1ccc(C(=O)Nc2ccn[nH]2)cc1S(=O)(=O)N1CCCCCC1. The van der Waals surface area contributed by atoms with Crippen LogP contribution in [0, 0.1) is 0 Å². The molecule has 2 N–H and O–H groups in total. The van der Waals surface area contributed by atoms with Gasteiger partial charge in [0.25, 0.3) is 5.91 Å². The molecule has 1 saturated heterocycles. The molecule has 9 heteroatoms. The van der Waals surface area contributed by atoms with E-state index < -0.39 is 15.9 Å². The van der Waals surface area contributed by atoms with E-state index in [-0.39, 0.29) is 16.2 Å². The van der Waals surface area contributed by atoms with Gasteiger partial charge in [0.15, 0.2) is 0 Å². The molecule has 1 aliphatic heterocycles. The van der Waals surface area contributed by atoms with Crippen molar-refractivity contribution >= 4 is 21.7 Å². The number of rotatable bonds is 5. The van der Waals surface area contributed by atoms with Crippen molar-refractivity contribution in [3.05, 3.63) is 36.0 Å². The van der Waals surface area contributed by atoms with Crippen LogP contribution in [0.4, 0.5) is 5.82 Å². The molecule has 0 bridgehead atoms. The average molecular weight is 378 g/mol. The monoisotopic (exact) mass is 378 g/mol. The molecule has 26 heavy (non-hydrogen) atoms. The standard InChI is InChI=1S/C17H22N4O4S/c1-25-14-7-6-13(17(22)19-16-8-9-18-20-16)12-15(14)26(23,24)21-10-4-2-3-5-11-21/h6-9,12H,2-5,10-11H2,1H3,(H2,18,19,20,22). The van der Waals surface area contributed by atoms with E-state index in [1.54, 1.807) is 6.07 Å². The summed E-state index contributed by atoms with van der Waals surface area (Å²) in [5.41, 5.74) is 0.230. The van der Waals surface area contributed by atoms with Gasteiger partial charge >= 0.3 is 0 Å². The van der Waals surface area contributed by atoms with Gasteiger partial charge in [0.1, 0.15) is 16.5 Å². The summed E-state index contributed by atoms with van der Waals surface area (Å²) in [6, 6.07) is 6.01. The van der Waals surface area contributed by atoms with Crippen LogP contribution in [0.2, 0.25) is 0 Å². The molecule has 8 nitrogen and oxygen atoms in total. The second-order valence-corrected chi connectivity index (χ2v) is 8.01. The fraction of sp³-hybridized carbons (Fsp3) is 0.412. The highest BCUT2D eigenvalue weighted by Crippen LogP contribution is 2.29. The molecule has 1 aromatic carbocycles. The van der Waals surface area contributed by atoms with Crippen molar-refractivity contribution in [2.45, 2.75) is 30.6 Å². The first-order chi connectivity index (χ1) is 12.5. The van der Waals surface area contributed by atoms with Crippen molar-refractivity contribution in [3.8, 4) is 5.75 Å². The number of carbonyl (C=O) groups excluding carboxylic acids is 1. The molecule has 2 aromatic rings. The Hall–Kier alpha value is -2.39. The number of amides is 1. The Morgan fingerprint density at radius 2 is 1.92 bits per heavy atom. The summed E-state index contributed by atoms with van der Waals surface area (Å²) in [5, 5.41) is 9.03. The molecule has 1 amide bonds. The topological polar surface area (TPSA) is 104 Å². The maximum absolute atomic E-state index is 13.1. The van der Waals surface area contributed by atoms with E-state index in [1.807, 2.05) is 0 Å². The highest BCUT2D eigenvalue weighted by Gasteiger charge is 2.29. The van der Waals surface area contributed by atoms with Crippen LogP contribution in [0.25, 0.3) is 0 Å². The number of H-pyrrole nitrogens is 1. The molecule has 0 unspecified atom stereocenters. The van der Waals surface area contributed by atoms with Crippen molar-refractivity contribution in [2.24, 2.45) is 0 Å². The number of aromatic amines is 1. The molecular weight excluding hydrogens is 356 g/mol. The summed E-state index contributed by atoms with van der Waals surface area (Å²) in [4.78, 5) is 12.4. The number of ether oxygens (including phenoxy) is 1. The number of hydrogen-bond acceptors (Lipinski definition) is 5. The van der Waals surface area contributed by atoms with E-state index in [1.165, 1.54) is 35.8 Å². The van der Waals surface area contributed by atoms with Crippen molar-refractivity contribution in [1.82, 2.24) is 14.5 Å². The smallest absolute Gasteiger partial charge is 0.256 e. The molecule has 1 aliphatic rings. The average Bonchev–Trinajstić information content (AvgIpc) is 2.99. The van der Waals surface area contributed by atoms with Gasteiger partial charge in [0, 0.05) is 24.7 Å². The van der Waals surface area contributed by atoms with E-state index in [4.69, 9.17) is 4.74 Å². The number of benzene rings is 1. The second kappa shape index (κ2) is 7.88. The lowest BCUT2D eigenvalue weighted by molar-refractivity contribution is 0.102. The molecule has 2 heterocycles. The third kappa shape index (κ3) is 3.88. The van der Waals surface area contributed by atoms with E-state index >= 15 is 0 Å². The predicted octanol–water partition coefficient (Wildman–Crippen LogP) is 2.24. The first-order valence-corrected chi connectivity index (χ1v) is 9.95. The van der Waals surface area contributed by atoms with Crippen LogP contribution in [-0.2, 0) is 10.0 Å². The summed E-state index contributed by atoms with van der Waals surface area (Å²) in [7, 11) is -2.32. The van der Waals surface area contributed by atoms with Gasteiger partial charge in [-0.1, -0.05) is 12.8 Å². The van der Waals surface area contributed by atoms with E-state index in [0.29, 0.717) is 18.9 Å². The minimum absolute atomic E-state index is 0.0131. The Morgan fingerprint density at radius 1 is 1.19 bits per heavy atom. The number of sulfonamides is 1. The van der Waals surface area contributed by atoms with E-state index in [2.05, 4.69) is 15.5 Å². The van der Waals surface area contributed by atoms with Gasteiger partial charge in [-0.05, 0) is 31.0 Å². The Morgan fingerprint density at radius 3 is 2.54 bits per heavy atom. The Labute approximate surface area is 152 Å². The predicted molar refractivity (Wildman–Crippen MR) is 96.8 cm³/mol. The minimum Gasteiger partial charge on any atom is -0.495 e. The van der Waals surface area contributed by atoms with Gasteiger partial charge in [-0.15, -0.1) is 0 Å². The van der Waals surface area contributed by atoms with Gasteiger partial charge in [0.05, 0.1) is 13.3 Å². The van der Waals surface area contributed by atoms with Crippen LogP contribution in [0.1, 0.15) is 36.0 Å². The minimum atomic E-state index is -3.74. The normalized spacial score (nSPS) is 16.0. The van der Waals surface area contributed by atoms with E-state index in [9.17, 15) is 13.2 Å². The molecule has 140 valence electrons. The second-order valence-electron chi connectivity index (χ2n) is 6.11. The number of nitrogens with one attached hydrogen (secondary N) is 2. The van der Waals surface area contributed by atoms with Crippen LogP contribution >= 0.6 is 0 Å². The van der Waals surface area contributed by atoms with E-state index in [0.717, 1.165) is 25.7 Å². The number of methoxy groups -OCH3 is 1. The summed E-state index contributed by atoms with van der Waals surface area (Å²) in [5.74, 6) is 0.235. The van der Waals surface area contributed by atoms with Crippen LogP contribution < -0.4 is 10.1 Å². The van der Waals surface area contributed by atoms with Gasteiger partial charge < -0.3 is 10.1 Å². The summed E-state index contributed by atoms with van der Waals surface area (Å²) >= 11 is 0. The van der Waals surface area contributed by atoms with Gasteiger partial charge in [-0.25, -0.2) is 8.42 Å². The third-order valence-corrected chi connectivity index (χ3v) is 6.28. The quantitative estimate of drug-likeness (QED) is 0.830. The number of nitrogens with zero attached hydrogens (tertiary/aromatic N) is 2. The molecular formula is C17H22N4O4S. The molecule has 0 atom stereocenters. The van der Waals surface area contributed by atoms with Crippen LogP contribution in [0.3, 0.4) is 0 Å². The molecule has 0 radical (unpaired) electrons. The van der Waals surface area contributed by atoms with Crippen molar-refractivity contribution in [1.29, 1.82) is 0 Å². The summed E-state index contributed by atoms with van der Waals surface area (Å²) in [6.45, 7) is 0.964. The van der Waals surface area contributed by atoms with Crippen LogP contribution in [-0.4, -0.2) is 49.0 Å². The molecule has 3 rings (SSSR count). The number of carbonyl (C=O) groups is 1. The third-order valence-electron chi connectivity index (χ3n) is 4.36.